The lowest BCUT2D eigenvalue weighted by molar-refractivity contribution is -0.132. The summed E-state index contributed by atoms with van der Waals surface area (Å²) < 4.78 is 10.6. The average molecular weight is 382 g/mol. The van der Waals surface area contributed by atoms with Crippen molar-refractivity contribution in [3.63, 3.8) is 0 Å². The zero-order valence-corrected chi connectivity index (χ0v) is 16.3. The highest BCUT2D eigenvalue weighted by molar-refractivity contribution is 6.11. The van der Waals surface area contributed by atoms with Gasteiger partial charge in [-0.2, -0.15) is 0 Å². The summed E-state index contributed by atoms with van der Waals surface area (Å²) in [6.45, 7) is 1.32. The molecule has 0 aliphatic carbocycles. The monoisotopic (exact) mass is 382 g/mol. The molecule has 2 aromatic rings. The van der Waals surface area contributed by atoms with E-state index in [9.17, 15) is 14.4 Å². The number of imide groups is 1. The van der Waals surface area contributed by atoms with Crippen molar-refractivity contribution in [1.29, 1.82) is 0 Å². The molecule has 146 valence electrons. The van der Waals surface area contributed by atoms with E-state index in [0.29, 0.717) is 22.6 Å². The number of Topliss-reactive ketones (excluding diaryl/α,β-unsaturated/α-hetero) is 1. The van der Waals surface area contributed by atoms with Gasteiger partial charge in [0.15, 0.2) is 5.78 Å². The molecule has 7 nitrogen and oxygen atoms in total. The van der Waals surface area contributed by atoms with Crippen LogP contribution in [-0.2, 0) is 10.3 Å². The predicted molar refractivity (Wildman–Crippen MR) is 103 cm³/mol. The van der Waals surface area contributed by atoms with E-state index in [1.807, 2.05) is 0 Å². The molecule has 0 aromatic heterocycles. The zero-order valence-electron chi connectivity index (χ0n) is 16.3. The van der Waals surface area contributed by atoms with Crippen LogP contribution in [0.25, 0.3) is 0 Å². The topological polar surface area (TPSA) is 76.2 Å². The number of hydrogen-bond donors (Lipinski definition) is 0. The molecule has 0 saturated carbocycles. The molecule has 0 spiro atoms. The quantitative estimate of drug-likeness (QED) is 0.567. The van der Waals surface area contributed by atoms with E-state index >= 15 is 0 Å². The first kappa shape index (κ1) is 19.4. The molecule has 1 atom stereocenters. The van der Waals surface area contributed by atoms with Crippen LogP contribution in [0.3, 0.4) is 0 Å². The number of urea groups is 1. The van der Waals surface area contributed by atoms with Gasteiger partial charge >= 0.3 is 6.03 Å². The third-order valence-corrected chi connectivity index (χ3v) is 5.18. The van der Waals surface area contributed by atoms with E-state index in [1.54, 1.807) is 55.5 Å². The highest BCUT2D eigenvalue weighted by Gasteiger charge is 2.55. The second kappa shape index (κ2) is 7.34. The summed E-state index contributed by atoms with van der Waals surface area (Å²) in [5.41, 5.74) is -0.334. The first-order chi connectivity index (χ1) is 13.3. The third-order valence-electron chi connectivity index (χ3n) is 5.18. The van der Waals surface area contributed by atoms with Crippen molar-refractivity contribution in [1.82, 2.24) is 9.80 Å². The lowest BCUT2D eigenvalue weighted by Gasteiger charge is -2.30. The van der Waals surface area contributed by atoms with Gasteiger partial charge < -0.3 is 14.4 Å². The van der Waals surface area contributed by atoms with Gasteiger partial charge in [0.25, 0.3) is 5.91 Å². The Labute approximate surface area is 163 Å². The zero-order chi connectivity index (χ0) is 20.5. The van der Waals surface area contributed by atoms with Crippen molar-refractivity contribution in [3.8, 4) is 11.5 Å². The molecule has 1 unspecified atom stereocenters. The lowest BCUT2D eigenvalue weighted by atomic mass is 9.89. The molecular weight excluding hydrogens is 360 g/mol. The number of amides is 3. The lowest BCUT2D eigenvalue weighted by Crippen LogP contribution is -2.42. The van der Waals surface area contributed by atoms with Crippen molar-refractivity contribution >= 4 is 17.7 Å². The minimum absolute atomic E-state index is 0.304. The van der Waals surface area contributed by atoms with Gasteiger partial charge in [-0.15, -0.1) is 0 Å². The fourth-order valence-electron chi connectivity index (χ4n) is 3.36. The molecule has 3 rings (SSSR count). The molecular formula is C21H22N2O5. The van der Waals surface area contributed by atoms with Gasteiger partial charge in [-0.25, -0.2) is 4.79 Å². The first-order valence-corrected chi connectivity index (χ1v) is 8.75. The van der Waals surface area contributed by atoms with E-state index in [4.69, 9.17) is 9.47 Å². The number of ether oxygens (including phenoxy) is 2. The Morgan fingerprint density at radius 2 is 1.71 bits per heavy atom. The van der Waals surface area contributed by atoms with Gasteiger partial charge in [-0.05, 0) is 19.1 Å². The molecule has 28 heavy (non-hydrogen) atoms. The maximum atomic E-state index is 13.3. The summed E-state index contributed by atoms with van der Waals surface area (Å²) in [4.78, 5) is 40.9. The van der Waals surface area contributed by atoms with Crippen LogP contribution in [0.5, 0.6) is 11.5 Å². The van der Waals surface area contributed by atoms with Crippen LogP contribution in [0.15, 0.2) is 48.5 Å². The van der Waals surface area contributed by atoms with E-state index in [0.717, 1.165) is 4.90 Å². The van der Waals surface area contributed by atoms with E-state index in [1.165, 1.54) is 26.2 Å². The molecule has 1 aliphatic heterocycles. The third kappa shape index (κ3) is 2.98. The van der Waals surface area contributed by atoms with Gasteiger partial charge in [0.1, 0.15) is 17.0 Å². The average Bonchev–Trinajstić information content (AvgIpc) is 2.89. The predicted octanol–water partition coefficient (Wildman–Crippen LogP) is 2.70. The number of likely N-dealkylation sites (N-methyl/N-ethyl adjacent to an activating group) is 1. The SMILES string of the molecule is COc1ccc(C2(C)C(=O)N(CC(=O)c3ccccc3)C(=O)N2C)c(OC)c1. The Hall–Kier alpha value is -3.35. The summed E-state index contributed by atoms with van der Waals surface area (Å²) >= 11 is 0. The molecule has 0 N–H and O–H groups in total. The van der Waals surface area contributed by atoms with Crippen LogP contribution in [0.2, 0.25) is 0 Å². The molecule has 3 amide bonds. The van der Waals surface area contributed by atoms with Crippen LogP contribution in [0.1, 0.15) is 22.8 Å². The number of ketones is 1. The van der Waals surface area contributed by atoms with Crippen molar-refractivity contribution < 1.29 is 23.9 Å². The first-order valence-electron chi connectivity index (χ1n) is 8.75. The number of methoxy groups -OCH3 is 2. The Kier molecular flexibility index (Phi) is 5.09. The van der Waals surface area contributed by atoms with E-state index < -0.39 is 17.5 Å². The number of nitrogens with zero attached hydrogens (tertiary/aromatic N) is 2. The van der Waals surface area contributed by atoms with Crippen molar-refractivity contribution in [2.45, 2.75) is 12.5 Å². The van der Waals surface area contributed by atoms with Gasteiger partial charge in [0.05, 0.1) is 20.8 Å². The number of hydrogen-bond acceptors (Lipinski definition) is 5. The Bertz CT molecular complexity index is 928. The van der Waals surface area contributed by atoms with Crippen LogP contribution in [0.4, 0.5) is 4.79 Å². The maximum Gasteiger partial charge on any atom is 0.328 e. The fraction of sp³-hybridized carbons (Fsp3) is 0.286. The number of carbonyl (C=O) groups is 3. The second-order valence-electron chi connectivity index (χ2n) is 6.66. The molecule has 1 fully saturated rings. The Balaban J connectivity index is 1.96. The molecule has 1 heterocycles. The normalized spacial score (nSPS) is 19.1. The smallest absolute Gasteiger partial charge is 0.328 e. The molecule has 0 radical (unpaired) electrons. The van der Waals surface area contributed by atoms with E-state index in [-0.39, 0.29) is 12.3 Å². The van der Waals surface area contributed by atoms with Crippen LogP contribution < -0.4 is 9.47 Å². The van der Waals surface area contributed by atoms with Gasteiger partial charge in [0, 0.05) is 24.2 Å². The summed E-state index contributed by atoms with van der Waals surface area (Å²) in [7, 11) is 4.56. The van der Waals surface area contributed by atoms with Crippen LogP contribution >= 0.6 is 0 Å². The van der Waals surface area contributed by atoms with Gasteiger partial charge in [-0.3, -0.25) is 14.5 Å². The molecule has 1 saturated heterocycles. The van der Waals surface area contributed by atoms with Crippen molar-refractivity contribution in [2.24, 2.45) is 0 Å². The summed E-state index contributed by atoms with van der Waals surface area (Å²) in [5.74, 6) is 0.209. The summed E-state index contributed by atoms with van der Waals surface area (Å²) in [5, 5.41) is 0. The number of carbonyl (C=O) groups excluding carboxylic acids is 3. The second-order valence-corrected chi connectivity index (χ2v) is 6.66. The van der Waals surface area contributed by atoms with Gasteiger partial charge in [0.2, 0.25) is 0 Å². The van der Waals surface area contributed by atoms with Crippen molar-refractivity contribution in [3.05, 3.63) is 59.7 Å². The molecule has 7 heteroatoms. The van der Waals surface area contributed by atoms with Gasteiger partial charge in [-0.1, -0.05) is 30.3 Å². The van der Waals surface area contributed by atoms with E-state index in [2.05, 4.69) is 0 Å². The molecule has 0 bridgehead atoms. The standard InChI is InChI=1S/C21H22N2O5/c1-21(16-11-10-15(27-3)12-18(16)28-4)19(25)23(20(26)22(21)2)13-17(24)14-8-6-5-7-9-14/h5-12H,13H2,1-4H3. The minimum atomic E-state index is -1.30. The fourth-order valence-corrected chi connectivity index (χ4v) is 3.36. The Morgan fingerprint density at radius 3 is 2.32 bits per heavy atom. The Morgan fingerprint density at radius 1 is 1.04 bits per heavy atom. The number of benzene rings is 2. The highest BCUT2D eigenvalue weighted by atomic mass is 16.5. The summed E-state index contributed by atoms with van der Waals surface area (Å²) in [6, 6.07) is 13.1. The molecule has 1 aliphatic rings. The maximum absolute atomic E-state index is 13.3. The molecule has 2 aromatic carbocycles. The largest absolute Gasteiger partial charge is 0.497 e. The highest BCUT2D eigenvalue weighted by Crippen LogP contribution is 2.41. The van der Waals surface area contributed by atoms with Crippen molar-refractivity contribution in [2.75, 3.05) is 27.8 Å². The minimum Gasteiger partial charge on any atom is -0.497 e. The van der Waals surface area contributed by atoms with Crippen LogP contribution in [-0.4, -0.2) is 55.3 Å². The summed E-state index contributed by atoms with van der Waals surface area (Å²) in [6.07, 6.45) is 0. The van der Waals surface area contributed by atoms with Crippen LogP contribution in [0, 0.1) is 0 Å². The number of rotatable bonds is 6.